The second-order valence-electron chi connectivity index (χ2n) is 5.23. The Balaban J connectivity index is 2.20. The van der Waals surface area contributed by atoms with Crippen molar-refractivity contribution in [2.45, 2.75) is 6.10 Å². The minimum atomic E-state index is -0.717. The molecule has 9 nitrogen and oxygen atoms in total. The monoisotopic (exact) mass is 405 g/mol. The lowest BCUT2D eigenvalue weighted by atomic mass is 10.1. The quantitative estimate of drug-likeness (QED) is 0.185. The van der Waals surface area contributed by atoms with Crippen molar-refractivity contribution in [3.05, 3.63) is 75.2 Å². The van der Waals surface area contributed by atoms with Crippen LogP contribution >= 0.6 is 11.6 Å². The van der Waals surface area contributed by atoms with Gasteiger partial charge in [-0.3, -0.25) is 15.5 Å². The zero-order valence-electron chi connectivity index (χ0n) is 14.9. The average Bonchev–Trinajstić information content (AvgIpc) is 2.69. The highest BCUT2D eigenvalue weighted by Gasteiger charge is 2.21. The van der Waals surface area contributed by atoms with Crippen molar-refractivity contribution in [1.29, 1.82) is 0 Å². The van der Waals surface area contributed by atoms with Crippen LogP contribution in [0, 0.1) is 10.1 Å². The number of non-ortho nitro benzene ring substituents is 1. The fourth-order valence-electron chi connectivity index (χ4n) is 2.04. The highest BCUT2D eigenvalue weighted by molar-refractivity contribution is 6.31. The van der Waals surface area contributed by atoms with Crippen LogP contribution in [0.5, 0.6) is 0 Å². The Bertz CT molecular complexity index is 898. The molecular formula is C18H16ClN3O6. The summed E-state index contributed by atoms with van der Waals surface area (Å²) in [6.07, 6.45) is 5.17. The molecule has 1 N–H and O–H groups in total. The molecule has 0 spiro atoms. The van der Waals surface area contributed by atoms with Gasteiger partial charge in [0.2, 0.25) is 5.76 Å². The molecule has 10 heteroatoms. The predicted octanol–water partition coefficient (Wildman–Crippen LogP) is 3.26. The second kappa shape index (κ2) is 9.96. The molecule has 1 aliphatic carbocycles. The molecule has 0 saturated heterocycles. The minimum Gasteiger partial charge on any atom is -0.500 e. The number of halogens is 1. The normalized spacial score (nSPS) is 15.8. The molecule has 0 aromatic heterocycles. The van der Waals surface area contributed by atoms with Gasteiger partial charge in [-0.2, -0.15) is 0 Å². The van der Waals surface area contributed by atoms with E-state index in [4.69, 9.17) is 21.1 Å². The van der Waals surface area contributed by atoms with Crippen LogP contribution in [-0.2, 0) is 19.0 Å². The van der Waals surface area contributed by atoms with Gasteiger partial charge in [-0.1, -0.05) is 11.6 Å². The molecule has 0 saturated carbocycles. The van der Waals surface area contributed by atoms with Crippen molar-refractivity contribution < 1.29 is 23.9 Å². The van der Waals surface area contributed by atoms with Gasteiger partial charge in [-0.05, 0) is 30.4 Å². The number of rotatable bonds is 7. The van der Waals surface area contributed by atoms with Crippen molar-refractivity contribution in [2.75, 3.05) is 19.6 Å². The summed E-state index contributed by atoms with van der Waals surface area (Å²) in [5.41, 5.74) is 3.60. The molecule has 1 aromatic carbocycles. The number of nitro groups is 1. The number of nitrogens with one attached hydrogen (secondary N) is 1. The summed E-state index contributed by atoms with van der Waals surface area (Å²) in [5.74, 6) is 1.88. The highest BCUT2D eigenvalue weighted by Crippen LogP contribution is 2.22. The fraction of sp³-hybridized carbons (Fsp3) is 0.167. The molecule has 1 unspecified atom stereocenters. The van der Waals surface area contributed by atoms with E-state index in [1.165, 1.54) is 38.5 Å². The summed E-state index contributed by atoms with van der Waals surface area (Å²) < 4.78 is 15.1. The van der Waals surface area contributed by atoms with Gasteiger partial charge >= 0.3 is 5.97 Å². The molecule has 0 aliphatic heterocycles. The lowest BCUT2D eigenvalue weighted by Gasteiger charge is -2.18. The van der Waals surface area contributed by atoms with Gasteiger partial charge < -0.3 is 14.2 Å². The Kier molecular flexibility index (Phi) is 7.38. The molecule has 2 rings (SSSR count). The van der Waals surface area contributed by atoms with Crippen LogP contribution in [0.3, 0.4) is 0 Å². The van der Waals surface area contributed by atoms with Crippen molar-refractivity contribution in [3.8, 4) is 0 Å². The van der Waals surface area contributed by atoms with Gasteiger partial charge in [0.15, 0.2) is 6.10 Å². The molecule has 28 heavy (non-hydrogen) atoms. The van der Waals surface area contributed by atoms with E-state index in [9.17, 15) is 14.9 Å². The molecule has 0 fully saturated rings. The number of anilines is 1. The Morgan fingerprint density at radius 1 is 1.36 bits per heavy atom. The summed E-state index contributed by atoms with van der Waals surface area (Å²) in [6, 6.07) is 5.69. The SMILES string of the molecule is CO/C=C(/OC1C=CC(Cl)=CC1=C=NNc1ccc([N+](=O)[O-])cc1)C(=O)OC. The largest absolute Gasteiger partial charge is 0.500 e. The van der Waals surface area contributed by atoms with E-state index in [1.807, 2.05) is 0 Å². The first-order valence-electron chi connectivity index (χ1n) is 7.81. The molecule has 0 bridgehead atoms. The maximum absolute atomic E-state index is 11.7. The van der Waals surface area contributed by atoms with Crippen LogP contribution in [0.1, 0.15) is 0 Å². The van der Waals surface area contributed by atoms with Gasteiger partial charge in [0.05, 0.1) is 30.4 Å². The number of allylic oxidation sites excluding steroid dienone is 2. The fourth-order valence-corrected chi connectivity index (χ4v) is 2.23. The number of hydrazone groups is 1. The van der Waals surface area contributed by atoms with E-state index in [0.717, 1.165) is 6.26 Å². The number of hydrogen-bond acceptors (Lipinski definition) is 8. The van der Waals surface area contributed by atoms with Gasteiger partial charge in [0.25, 0.3) is 5.69 Å². The van der Waals surface area contributed by atoms with Gasteiger partial charge in [-0.15, -0.1) is 5.10 Å². The predicted molar refractivity (Wildman–Crippen MR) is 103 cm³/mol. The topological polar surface area (TPSA) is 112 Å². The molecule has 0 heterocycles. The second-order valence-corrected chi connectivity index (χ2v) is 5.67. The maximum Gasteiger partial charge on any atom is 0.376 e. The Labute approximate surface area is 165 Å². The number of benzene rings is 1. The number of nitro benzene ring substituents is 1. The van der Waals surface area contributed by atoms with Crippen LogP contribution in [-0.4, -0.2) is 37.1 Å². The summed E-state index contributed by atoms with van der Waals surface area (Å²) in [4.78, 5) is 21.9. The third-order valence-corrected chi connectivity index (χ3v) is 3.58. The average molecular weight is 406 g/mol. The van der Waals surface area contributed by atoms with Crippen LogP contribution in [0.25, 0.3) is 0 Å². The zero-order valence-corrected chi connectivity index (χ0v) is 15.7. The van der Waals surface area contributed by atoms with Crippen LogP contribution in [0.15, 0.2) is 70.2 Å². The lowest BCUT2D eigenvalue weighted by molar-refractivity contribution is -0.384. The van der Waals surface area contributed by atoms with E-state index >= 15 is 0 Å². The molecule has 1 atom stereocenters. The van der Waals surface area contributed by atoms with E-state index in [1.54, 1.807) is 18.2 Å². The molecule has 146 valence electrons. The summed E-state index contributed by atoms with van der Waals surface area (Å²) in [5, 5.41) is 15.0. The first-order chi connectivity index (χ1) is 13.4. The van der Waals surface area contributed by atoms with Gasteiger partial charge in [-0.25, -0.2) is 4.79 Å². The third kappa shape index (κ3) is 5.73. The molecule has 0 amide bonds. The zero-order chi connectivity index (χ0) is 20.5. The van der Waals surface area contributed by atoms with E-state index in [2.05, 4.69) is 21.1 Å². The van der Waals surface area contributed by atoms with Crippen molar-refractivity contribution >= 4 is 34.8 Å². The van der Waals surface area contributed by atoms with Crippen molar-refractivity contribution in [1.82, 2.24) is 0 Å². The first-order valence-corrected chi connectivity index (χ1v) is 8.18. The number of carbonyl (C=O) groups is 1. The number of hydrogen-bond donors (Lipinski definition) is 1. The first kappa shape index (κ1) is 20.8. The smallest absolute Gasteiger partial charge is 0.376 e. The number of methoxy groups -OCH3 is 2. The van der Waals surface area contributed by atoms with Gasteiger partial charge in [0.1, 0.15) is 6.26 Å². The Morgan fingerprint density at radius 2 is 2.07 bits per heavy atom. The molecular weight excluding hydrogens is 390 g/mol. The Morgan fingerprint density at radius 3 is 2.68 bits per heavy atom. The third-order valence-electron chi connectivity index (χ3n) is 3.34. The molecule has 0 radical (unpaired) electrons. The standard InChI is InChI=1S/C18H16ClN3O6/c1-26-11-17(18(23)27-2)28-16-8-3-13(19)9-12(16)10-20-21-14-4-6-15(7-5-14)22(24)25/h3-9,11,16,21H,1-2H3/b17-11+. The van der Waals surface area contributed by atoms with Crippen LogP contribution in [0.2, 0.25) is 0 Å². The van der Waals surface area contributed by atoms with Crippen molar-refractivity contribution in [2.24, 2.45) is 5.10 Å². The number of esters is 1. The summed E-state index contributed by atoms with van der Waals surface area (Å²) in [7, 11) is 2.58. The number of nitrogens with zero attached hydrogens (tertiary/aromatic N) is 2. The minimum absolute atomic E-state index is 0.0336. The maximum atomic E-state index is 11.7. The Hall–Kier alpha value is -3.55. The molecule has 1 aromatic rings. The highest BCUT2D eigenvalue weighted by atomic mass is 35.5. The number of ether oxygens (including phenoxy) is 3. The lowest BCUT2D eigenvalue weighted by Crippen LogP contribution is -2.19. The van der Waals surface area contributed by atoms with Crippen LogP contribution < -0.4 is 5.43 Å². The van der Waals surface area contributed by atoms with Crippen LogP contribution in [0.4, 0.5) is 11.4 Å². The van der Waals surface area contributed by atoms with E-state index in [0.29, 0.717) is 16.3 Å². The summed E-state index contributed by atoms with van der Waals surface area (Å²) in [6.45, 7) is 0. The van der Waals surface area contributed by atoms with Gasteiger partial charge in [0, 0.05) is 23.0 Å². The number of carbonyl (C=O) groups excluding carboxylic acids is 1. The van der Waals surface area contributed by atoms with E-state index < -0.39 is 17.0 Å². The molecule has 1 aliphatic rings. The van der Waals surface area contributed by atoms with E-state index in [-0.39, 0.29) is 11.4 Å². The summed E-state index contributed by atoms with van der Waals surface area (Å²) >= 11 is 6.01. The van der Waals surface area contributed by atoms with Crippen molar-refractivity contribution in [3.63, 3.8) is 0 Å².